The minimum Gasteiger partial charge on any atom is -0.508 e. The van der Waals surface area contributed by atoms with Crippen LogP contribution in [0.3, 0.4) is 0 Å². The van der Waals surface area contributed by atoms with Crippen molar-refractivity contribution in [1.82, 2.24) is 0 Å². The smallest absolute Gasteiger partial charge is 0.306 e. The number of aliphatic hydroxyl groups excluding tert-OH is 1. The van der Waals surface area contributed by atoms with Crippen molar-refractivity contribution in [3.05, 3.63) is 24.0 Å². The molecule has 0 saturated heterocycles. The molecule has 0 aromatic heterocycles. The molecule has 0 fully saturated rings. The molecule has 1 atom stereocenters. The molecule has 1 unspecified atom stereocenters. The zero-order valence-electron chi connectivity index (χ0n) is 6.40. The molecule has 1 rings (SSSR count). The Bertz CT molecular complexity index is 254. The molecule has 3 N–H and O–H groups in total. The number of rotatable bonds is 2. The van der Waals surface area contributed by atoms with Crippen LogP contribution in [0.4, 0.5) is 0 Å². The number of aliphatic hydroxyl groups is 2. The molecule has 4 nitrogen and oxygen atoms in total. The molecule has 0 aromatic carbocycles. The molecule has 0 aromatic rings. The van der Waals surface area contributed by atoms with Gasteiger partial charge in [0.25, 0.3) is 0 Å². The molecular weight excluding hydrogens is 160 g/mol. The van der Waals surface area contributed by atoms with Crippen LogP contribution in [0.5, 0.6) is 0 Å². The van der Waals surface area contributed by atoms with Crippen molar-refractivity contribution in [2.75, 3.05) is 0 Å². The van der Waals surface area contributed by atoms with Gasteiger partial charge < -0.3 is 15.3 Å². The highest BCUT2D eigenvalue weighted by molar-refractivity contribution is 5.68. The van der Waals surface area contributed by atoms with Gasteiger partial charge in [0.2, 0.25) is 0 Å². The van der Waals surface area contributed by atoms with Crippen molar-refractivity contribution >= 4 is 5.97 Å². The van der Waals surface area contributed by atoms with Crippen LogP contribution in [0, 0.1) is 0 Å². The highest BCUT2D eigenvalue weighted by atomic mass is 16.4. The Morgan fingerprint density at radius 1 is 1.67 bits per heavy atom. The molecule has 0 radical (unpaired) electrons. The molecule has 4 heteroatoms. The number of carbonyl (C=O) groups is 1. The lowest BCUT2D eigenvalue weighted by Crippen LogP contribution is -2.30. The Balaban J connectivity index is 2.65. The molecule has 0 saturated carbocycles. The van der Waals surface area contributed by atoms with Crippen molar-refractivity contribution in [2.45, 2.75) is 18.4 Å². The van der Waals surface area contributed by atoms with Gasteiger partial charge in [-0.25, -0.2) is 0 Å². The highest BCUT2D eigenvalue weighted by Gasteiger charge is 2.27. The number of carboxylic acids is 1. The lowest BCUT2D eigenvalue weighted by molar-refractivity contribution is -0.140. The van der Waals surface area contributed by atoms with Gasteiger partial charge in [0.15, 0.2) is 0 Å². The first kappa shape index (κ1) is 8.80. The third-order valence-electron chi connectivity index (χ3n) is 1.69. The monoisotopic (exact) mass is 170 g/mol. The maximum atomic E-state index is 10.3. The molecule has 0 heterocycles. The van der Waals surface area contributed by atoms with E-state index in [9.17, 15) is 9.90 Å². The number of aliphatic carboxylic acids is 1. The summed E-state index contributed by atoms with van der Waals surface area (Å²) in [5, 5.41) is 26.8. The normalized spacial score (nSPS) is 28.2. The van der Waals surface area contributed by atoms with E-state index in [4.69, 9.17) is 10.2 Å². The largest absolute Gasteiger partial charge is 0.508 e. The summed E-state index contributed by atoms with van der Waals surface area (Å²) >= 11 is 0. The number of hydrogen-bond donors (Lipinski definition) is 3. The van der Waals surface area contributed by atoms with E-state index < -0.39 is 11.6 Å². The van der Waals surface area contributed by atoms with E-state index in [1.165, 1.54) is 18.2 Å². The zero-order valence-corrected chi connectivity index (χ0v) is 6.40. The van der Waals surface area contributed by atoms with Gasteiger partial charge >= 0.3 is 5.97 Å². The second-order valence-electron chi connectivity index (χ2n) is 2.84. The van der Waals surface area contributed by atoms with Crippen molar-refractivity contribution in [1.29, 1.82) is 0 Å². The van der Waals surface area contributed by atoms with E-state index in [1.807, 2.05) is 0 Å². The Hall–Kier alpha value is -1.29. The van der Waals surface area contributed by atoms with Gasteiger partial charge in [-0.1, -0.05) is 0 Å². The zero-order chi connectivity index (χ0) is 9.19. The summed E-state index contributed by atoms with van der Waals surface area (Å²) in [5.74, 6) is -0.998. The minimum atomic E-state index is -1.34. The molecule has 0 aliphatic heterocycles. The summed E-state index contributed by atoms with van der Waals surface area (Å²) in [7, 11) is 0. The third-order valence-corrected chi connectivity index (χ3v) is 1.69. The van der Waals surface area contributed by atoms with Gasteiger partial charge in [-0.3, -0.25) is 4.79 Å². The van der Waals surface area contributed by atoms with E-state index in [0.717, 1.165) is 0 Å². The highest BCUT2D eigenvalue weighted by Crippen LogP contribution is 2.23. The first-order valence-corrected chi connectivity index (χ1v) is 3.54. The van der Waals surface area contributed by atoms with Crippen LogP contribution < -0.4 is 0 Å². The summed E-state index contributed by atoms with van der Waals surface area (Å²) in [6.07, 6.45) is 3.79. The molecule has 0 spiro atoms. The summed E-state index contributed by atoms with van der Waals surface area (Å²) in [5.41, 5.74) is -1.34. The molecule has 66 valence electrons. The van der Waals surface area contributed by atoms with Gasteiger partial charge in [-0.15, -0.1) is 0 Å². The Kier molecular flexibility index (Phi) is 2.19. The Morgan fingerprint density at radius 3 is 2.75 bits per heavy atom. The number of carboxylic acid groups (broad SMARTS) is 1. The van der Waals surface area contributed by atoms with Gasteiger partial charge in [-0.2, -0.15) is 0 Å². The van der Waals surface area contributed by atoms with Crippen LogP contribution in [0.1, 0.15) is 12.8 Å². The lowest BCUT2D eigenvalue weighted by atomic mass is 9.91. The molecule has 1 aliphatic carbocycles. The Morgan fingerprint density at radius 2 is 2.33 bits per heavy atom. The van der Waals surface area contributed by atoms with Gasteiger partial charge in [0.05, 0.1) is 12.0 Å². The van der Waals surface area contributed by atoms with Crippen molar-refractivity contribution in [3.8, 4) is 0 Å². The van der Waals surface area contributed by atoms with Crippen molar-refractivity contribution < 1.29 is 20.1 Å². The summed E-state index contributed by atoms with van der Waals surface area (Å²) in [6, 6.07) is 0. The lowest BCUT2D eigenvalue weighted by Gasteiger charge is -2.23. The molecule has 1 aliphatic rings. The maximum absolute atomic E-state index is 10.3. The number of hydrogen-bond acceptors (Lipinski definition) is 3. The topological polar surface area (TPSA) is 77.8 Å². The van der Waals surface area contributed by atoms with Crippen molar-refractivity contribution in [3.63, 3.8) is 0 Å². The second kappa shape index (κ2) is 2.98. The maximum Gasteiger partial charge on any atom is 0.306 e. The molecule has 12 heavy (non-hydrogen) atoms. The van der Waals surface area contributed by atoms with Crippen LogP contribution in [0.2, 0.25) is 0 Å². The first-order chi connectivity index (χ1) is 5.52. The van der Waals surface area contributed by atoms with Crippen LogP contribution in [0.25, 0.3) is 0 Å². The Labute approximate surface area is 69.5 Å². The first-order valence-electron chi connectivity index (χ1n) is 3.54. The second-order valence-corrected chi connectivity index (χ2v) is 2.84. The summed E-state index contributed by atoms with van der Waals surface area (Å²) in [6.45, 7) is 0. The fraction of sp³-hybridized carbons (Fsp3) is 0.375. The van der Waals surface area contributed by atoms with Crippen LogP contribution >= 0.6 is 0 Å². The molecular formula is C8H10O4. The molecule has 0 bridgehead atoms. The van der Waals surface area contributed by atoms with Crippen LogP contribution in [-0.2, 0) is 4.79 Å². The van der Waals surface area contributed by atoms with Gasteiger partial charge in [0.1, 0.15) is 5.76 Å². The summed E-state index contributed by atoms with van der Waals surface area (Å²) < 4.78 is 0. The predicted octanol–water partition coefficient (Wildman–Crippen LogP) is 0.594. The SMILES string of the molecule is O=C(O)CC1(O)C=CC(O)=CC1. The van der Waals surface area contributed by atoms with Crippen molar-refractivity contribution in [2.24, 2.45) is 0 Å². The van der Waals surface area contributed by atoms with E-state index in [0.29, 0.717) is 0 Å². The molecule has 0 amide bonds. The van der Waals surface area contributed by atoms with E-state index in [1.54, 1.807) is 0 Å². The average Bonchev–Trinajstić information content (AvgIpc) is 1.94. The summed E-state index contributed by atoms with van der Waals surface area (Å²) in [4.78, 5) is 10.3. The standard InChI is InChI=1S/C8H10O4/c9-6-1-3-8(12,4-2-6)5-7(10)11/h1-3,9,12H,4-5H2,(H,10,11). The van der Waals surface area contributed by atoms with Crippen LogP contribution in [0.15, 0.2) is 24.0 Å². The van der Waals surface area contributed by atoms with E-state index in [2.05, 4.69) is 0 Å². The quantitative estimate of drug-likeness (QED) is 0.567. The average molecular weight is 170 g/mol. The van der Waals surface area contributed by atoms with Gasteiger partial charge in [-0.05, 0) is 18.2 Å². The van der Waals surface area contributed by atoms with Crippen LogP contribution in [-0.4, -0.2) is 26.9 Å². The third kappa shape index (κ3) is 2.10. The van der Waals surface area contributed by atoms with E-state index in [-0.39, 0.29) is 18.6 Å². The minimum absolute atomic E-state index is 0.0602. The predicted molar refractivity (Wildman–Crippen MR) is 41.7 cm³/mol. The fourth-order valence-electron chi connectivity index (χ4n) is 1.05. The fourth-order valence-corrected chi connectivity index (χ4v) is 1.05. The number of allylic oxidation sites excluding steroid dienone is 1. The van der Waals surface area contributed by atoms with Gasteiger partial charge in [0, 0.05) is 6.42 Å². The van der Waals surface area contributed by atoms with E-state index >= 15 is 0 Å².